The van der Waals surface area contributed by atoms with Crippen LogP contribution in [0.3, 0.4) is 0 Å². The molecule has 0 aliphatic rings. The van der Waals surface area contributed by atoms with Crippen LogP contribution in [0.15, 0.2) is 42.5 Å². The number of hydrogen-bond acceptors (Lipinski definition) is 6. The van der Waals surface area contributed by atoms with Crippen LogP contribution in [0.1, 0.15) is 15.9 Å². The topological polar surface area (TPSA) is 71.1 Å². The number of benzene rings is 2. The predicted molar refractivity (Wildman–Crippen MR) is 102 cm³/mol. The van der Waals surface area contributed by atoms with Crippen LogP contribution in [0, 0.1) is 0 Å². The minimum absolute atomic E-state index is 0.312. The van der Waals surface area contributed by atoms with E-state index in [0.717, 1.165) is 0 Å². The van der Waals surface area contributed by atoms with Gasteiger partial charge in [0, 0.05) is 11.6 Å². The van der Waals surface area contributed by atoms with Gasteiger partial charge in [0.05, 0.1) is 26.4 Å². The highest BCUT2D eigenvalue weighted by Crippen LogP contribution is 2.36. The van der Waals surface area contributed by atoms with Gasteiger partial charge in [-0.05, 0) is 48.0 Å². The molecule has 0 atom stereocenters. The summed E-state index contributed by atoms with van der Waals surface area (Å²) in [5.74, 6) is 0.521. The fourth-order valence-electron chi connectivity index (χ4n) is 2.24. The Labute approximate surface area is 162 Å². The Bertz CT molecular complexity index is 842. The summed E-state index contributed by atoms with van der Waals surface area (Å²) < 4.78 is 20.3. The van der Waals surface area contributed by atoms with Crippen LogP contribution in [-0.4, -0.2) is 39.7 Å². The van der Waals surface area contributed by atoms with Crippen molar-refractivity contribution in [1.29, 1.82) is 0 Å². The van der Waals surface area contributed by atoms with E-state index in [4.69, 9.17) is 30.5 Å². The molecule has 0 aliphatic heterocycles. The minimum Gasteiger partial charge on any atom is -0.497 e. The Hall–Kier alpha value is -2.99. The number of ketones is 1. The summed E-state index contributed by atoms with van der Waals surface area (Å²) >= 11 is 6.11. The molecule has 0 aliphatic carbocycles. The van der Waals surface area contributed by atoms with Gasteiger partial charge in [0.1, 0.15) is 5.75 Å². The minimum atomic E-state index is -0.650. The maximum absolute atomic E-state index is 12.0. The van der Waals surface area contributed by atoms with Crippen molar-refractivity contribution < 1.29 is 28.5 Å². The van der Waals surface area contributed by atoms with Crippen molar-refractivity contribution >= 4 is 29.4 Å². The lowest BCUT2D eigenvalue weighted by Crippen LogP contribution is -2.12. The standard InChI is InChI=1S/C20H19ClO6/c1-24-15-7-5-14(6-8-15)17(22)12-27-19(23)9-4-13-10-16(21)20(26-3)18(11-13)25-2/h4-11H,12H2,1-3H3/b9-4+. The van der Waals surface area contributed by atoms with E-state index in [1.54, 1.807) is 36.4 Å². The predicted octanol–water partition coefficient (Wildman–Crippen LogP) is 3.81. The SMILES string of the molecule is COc1ccc(C(=O)COC(=O)/C=C/c2cc(Cl)c(OC)c(OC)c2)cc1. The van der Waals surface area contributed by atoms with Crippen LogP contribution in [0.4, 0.5) is 0 Å². The molecule has 6 nitrogen and oxygen atoms in total. The van der Waals surface area contributed by atoms with E-state index in [0.29, 0.717) is 33.4 Å². The van der Waals surface area contributed by atoms with E-state index in [1.807, 2.05) is 0 Å². The van der Waals surface area contributed by atoms with Gasteiger partial charge in [-0.25, -0.2) is 4.79 Å². The molecule has 0 N–H and O–H groups in total. The molecular formula is C20H19ClO6. The number of halogens is 1. The summed E-state index contributed by atoms with van der Waals surface area (Å²) in [7, 11) is 4.51. The summed E-state index contributed by atoms with van der Waals surface area (Å²) in [6, 6.07) is 9.82. The number of rotatable bonds is 8. The zero-order valence-corrected chi connectivity index (χ0v) is 15.9. The van der Waals surface area contributed by atoms with Crippen LogP contribution in [0.2, 0.25) is 5.02 Å². The number of carbonyl (C=O) groups is 2. The number of esters is 1. The van der Waals surface area contributed by atoms with E-state index in [2.05, 4.69) is 0 Å². The lowest BCUT2D eigenvalue weighted by molar-refractivity contribution is -0.136. The van der Waals surface area contributed by atoms with Crippen molar-refractivity contribution in [2.75, 3.05) is 27.9 Å². The number of hydrogen-bond donors (Lipinski definition) is 0. The van der Waals surface area contributed by atoms with Crippen LogP contribution >= 0.6 is 11.6 Å². The highest BCUT2D eigenvalue weighted by molar-refractivity contribution is 6.32. The van der Waals surface area contributed by atoms with Gasteiger partial charge >= 0.3 is 5.97 Å². The van der Waals surface area contributed by atoms with Crippen molar-refractivity contribution in [3.63, 3.8) is 0 Å². The molecular weight excluding hydrogens is 372 g/mol. The molecule has 0 unspecified atom stereocenters. The first-order chi connectivity index (χ1) is 13.0. The number of methoxy groups -OCH3 is 3. The van der Waals surface area contributed by atoms with E-state index in [-0.39, 0.29) is 12.4 Å². The number of Topliss-reactive ketones (excluding diaryl/α,β-unsaturated/α-hetero) is 1. The molecule has 27 heavy (non-hydrogen) atoms. The van der Waals surface area contributed by atoms with Crippen molar-refractivity contribution in [1.82, 2.24) is 0 Å². The molecule has 2 aromatic rings. The first-order valence-electron chi connectivity index (χ1n) is 7.92. The van der Waals surface area contributed by atoms with Gasteiger partial charge in [-0.2, -0.15) is 0 Å². The van der Waals surface area contributed by atoms with Gasteiger partial charge in [-0.1, -0.05) is 11.6 Å². The van der Waals surface area contributed by atoms with Crippen LogP contribution in [0.25, 0.3) is 6.08 Å². The zero-order valence-electron chi connectivity index (χ0n) is 15.2. The van der Waals surface area contributed by atoms with Gasteiger partial charge < -0.3 is 18.9 Å². The van der Waals surface area contributed by atoms with Crippen LogP contribution in [0.5, 0.6) is 17.2 Å². The van der Waals surface area contributed by atoms with Gasteiger partial charge in [0.15, 0.2) is 23.9 Å². The van der Waals surface area contributed by atoms with Crippen molar-refractivity contribution in [2.45, 2.75) is 0 Å². The third-order valence-electron chi connectivity index (χ3n) is 3.63. The summed E-state index contributed by atoms with van der Waals surface area (Å²) in [5.41, 5.74) is 1.05. The van der Waals surface area contributed by atoms with E-state index in [9.17, 15) is 9.59 Å². The molecule has 0 spiro atoms. The molecule has 0 aromatic heterocycles. The van der Waals surface area contributed by atoms with Gasteiger partial charge in [-0.15, -0.1) is 0 Å². The van der Waals surface area contributed by atoms with Gasteiger partial charge in [0.25, 0.3) is 0 Å². The number of carbonyl (C=O) groups excluding carboxylic acids is 2. The molecule has 0 heterocycles. The van der Waals surface area contributed by atoms with Crippen molar-refractivity contribution in [2.24, 2.45) is 0 Å². The average molecular weight is 391 g/mol. The number of ether oxygens (including phenoxy) is 4. The molecule has 2 rings (SSSR count). The second kappa shape index (κ2) is 9.64. The Kier molecular flexibility index (Phi) is 7.25. The summed E-state index contributed by atoms with van der Waals surface area (Å²) in [4.78, 5) is 23.9. The van der Waals surface area contributed by atoms with Crippen molar-refractivity contribution in [3.8, 4) is 17.2 Å². The van der Waals surface area contributed by atoms with Crippen LogP contribution in [-0.2, 0) is 9.53 Å². The zero-order chi connectivity index (χ0) is 19.8. The molecule has 142 valence electrons. The third kappa shape index (κ3) is 5.49. The largest absolute Gasteiger partial charge is 0.497 e. The van der Waals surface area contributed by atoms with Crippen LogP contribution < -0.4 is 14.2 Å². The Balaban J connectivity index is 1.96. The summed E-state index contributed by atoms with van der Waals surface area (Å²) in [6.45, 7) is -0.359. The highest BCUT2D eigenvalue weighted by atomic mass is 35.5. The molecule has 0 radical (unpaired) electrons. The molecule has 7 heteroatoms. The van der Waals surface area contributed by atoms with E-state index in [1.165, 1.54) is 33.5 Å². The molecule has 0 fully saturated rings. The molecule has 0 bridgehead atoms. The molecule has 0 amide bonds. The fraction of sp³-hybridized carbons (Fsp3) is 0.200. The molecule has 2 aromatic carbocycles. The van der Waals surface area contributed by atoms with Gasteiger partial charge in [0.2, 0.25) is 0 Å². The highest BCUT2D eigenvalue weighted by Gasteiger charge is 2.11. The van der Waals surface area contributed by atoms with Crippen molar-refractivity contribution in [3.05, 3.63) is 58.6 Å². The molecule has 0 saturated carbocycles. The average Bonchev–Trinajstić information content (AvgIpc) is 2.69. The molecule has 0 saturated heterocycles. The lowest BCUT2D eigenvalue weighted by atomic mass is 10.1. The lowest BCUT2D eigenvalue weighted by Gasteiger charge is -2.10. The Morgan fingerprint density at radius 2 is 1.70 bits per heavy atom. The van der Waals surface area contributed by atoms with Gasteiger partial charge in [-0.3, -0.25) is 4.79 Å². The second-order valence-corrected chi connectivity index (χ2v) is 5.74. The Morgan fingerprint density at radius 1 is 1.00 bits per heavy atom. The first kappa shape index (κ1) is 20.3. The normalized spacial score (nSPS) is 10.5. The third-order valence-corrected chi connectivity index (χ3v) is 3.91. The summed E-state index contributed by atoms with van der Waals surface area (Å²) in [5, 5.41) is 0.347. The fourth-order valence-corrected chi connectivity index (χ4v) is 2.54. The van der Waals surface area contributed by atoms with E-state index < -0.39 is 5.97 Å². The Morgan fingerprint density at radius 3 is 2.30 bits per heavy atom. The summed E-state index contributed by atoms with van der Waals surface area (Å²) in [6.07, 6.45) is 2.72. The second-order valence-electron chi connectivity index (χ2n) is 5.33. The maximum atomic E-state index is 12.0. The smallest absolute Gasteiger partial charge is 0.331 e. The monoisotopic (exact) mass is 390 g/mol. The quantitative estimate of drug-likeness (QED) is 0.388. The first-order valence-corrected chi connectivity index (χ1v) is 8.30. The van der Waals surface area contributed by atoms with E-state index >= 15 is 0 Å². The maximum Gasteiger partial charge on any atom is 0.331 e.